The molecule has 1 heterocycles. The lowest BCUT2D eigenvalue weighted by Crippen LogP contribution is -2.06. The summed E-state index contributed by atoms with van der Waals surface area (Å²) in [5.41, 5.74) is 0.0733. The quantitative estimate of drug-likeness (QED) is 0.766. The van der Waals surface area contributed by atoms with Crippen molar-refractivity contribution >= 4 is 17.3 Å². The van der Waals surface area contributed by atoms with E-state index in [-0.39, 0.29) is 17.0 Å². The molecular formula is C10H7FN2O2S. The highest BCUT2D eigenvalue weighted by Crippen LogP contribution is 2.21. The van der Waals surface area contributed by atoms with Crippen molar-refractivity contribution < 1.29 is 13.9 Å². The molecule has 1 aromatic carbocycles. The Morgan fingerprint density at radius 2 is 2.31 bits per heavy atom. The summed E-state index contributed by atoms with van der Waals surface area (Å²) in [6.07, 6.45) is 0. The van der Waals surface area contributed by atoms with Gasteiger partial charge in [-0.25, -0.2) is 4.39 Å². The van der Waals surface area contributed by atoms with Gasteiger partial charge in [-0.2, -0.15) is 0 Å². The van der Waals surface area contributed by atoms with Crippen LogP contribution >= 0.6 is 11.5 Å². The first-order valence-electron chi connectivity index (χ1n) is 4.38. The lowest BCUT2D eigenvalue weighted by atomic mass is 10.1. The van der Waals surface area contributed by atoms with Crippen molar-refractivity contribution in [2.75, 3.05) is 7.11 Å². The lowest BCUT2D eigenvalue weighted by molar-refractivity contribution is 0.103. The molecule has 0 saturated carbocycles. The topological polar surface area (TPSA) is 52.1 Å². The van der Waals surface area contributed by atoms with Gasteiger partial charge in [-0.1, -0.05) is 10.6 Å². The number of benzene rings is 1. The first-order valence-corrected chi connectivity index (χ1v) is 5.22. The van der Waals surface area contributed by atoms with E-state index in [0.717, 1.165) is 11.5 Å². The fraction of sp³-hybridized carbons (Fsp3) is 0.100. The molecule has 0 atom stereocenters. The Bertz CT molecular complexity index is 514. The molecular weight excluding hydrogens is 231 g/mol. The number of rotatable bonds is 3. The molecule has 0 fully saturated rings. The van der Waals surface area contributed by atoms with Gasteiger partial charge in [0.2, 0.25) is 5.78 Å². The number of hydrogen-bond donors (Lipinski definition) is 0. The molecule has 0 saturated heterocycles. The normalized spacial score (nSPS) is 10.1. The van der Waals surface area contributed by atoms with E-state index in [1.165, 1.54) is 24.6 Å². The van der Waals surface area contributed by atoms with E-state index in [9.17, 15) is 9.18 Å². The Labute approximate surface area is 94.8 Å². The molecule has 0 amide bonds. The van der Waals surface area contributed by atoms with Crippen LogP contribution in [0.5, 0.6) is 5.75 Å². The average Bonchev–Trinajstić information content (AvgIpc) is 2.82. The molecule has 82 valence electrons. The van der Waals surface area contributed by atoms with Gasteiger partial charge in [0.25, 0.3) is 0 Å². The van der Waals surface area contributed by atoms with Gasteiger partial charge in [0.1, 0.15) is 5.69 Å². The van der Waals surface area contributed by atoms with Gasteiger partial charge >= 0.3 is 0 Å². The highest BCUT2D eigenvalue weighted by atomic mass is 32.1. The first-order chi connectivity index (χ1) is 7.74. The lowest BCUT2D eigenvalue weighted by Gasteiger charge is -2.04. The highest BCUT2D eigenvalue weighted by Gasteiger charge is 2.18. The zero-order valence-corrected chi connectivity index (χ0v) is 9.12. The van der Waals surface area contributed by atoms with Crippen LogP contribution < -0.4 is 4.74 Å². The van der Waals surface area contributed by atoms with E-state index in [2.05, 4.69) is 9.59 Å². The van der Waals surface area contributed by atoms with Crippen molar-refractivity contribution in [3.05, 3.63) is 40.7 Å². The summed E-state index contributed by atoms with van der Waals surface area (Å²) in [7, 11) is 1.34. The Morgan fingerprint density at radius 3 is 2.94 bits per heavy atom. The van der Waals surface area contributed by atoms with Gasteiger partial charge in [0.15, 0.2) is 11.6 Å². The molecule has 1 aromatic heterocycles. The van der Waals surface area contributed by atoms with Gasteiger partial charge in [-0.3, -0.25) is 4.79 Å². The predicted molar refractivity (Wildman–Crippen MR) is 56.3 cm³/mol. The first kappa shape index (κ1) is 10.7. The smallest absolute Gasteiger partial charge is 0.217 e. The maximum Gasteiger partial charge on any atom is 0.217 e. The maximum atomic E-state index is 13.7. The van der Waals surface area contributed by atoms with Crippen molar-refractivity contribution in [1.82, 2.24) is 9.59 Å². The zero-order chi connectivity index (χ0) is 11.5. The van der Waals surface area contributed by atoms with Crippen LogP contribution in [0.4, 0.5) is 4.39 Å². The molecule has 0 N–H and O–H groups in total. The number of ether oxygens (including phenoxy) is 1. The fourth-order valence-electron chi connectivity index (χ4n) is 1.25. The third-order valence-corrected chi connectivity index (χ3v) is 2.53. The number of hydrogen-bond acceptors (Lipinski definition) is 5. The molecule has 4 nitrogen and oxygen atoms in total. The van der Waals surface area contributed by atoms with Gasteiger partial charge in [-0.05, 0) is 23.7 Å². The molecule has 0 spiro atoms. The number of ketones is 1. The van der Waals surface area contributed by atoms with Crippen LogP contribution in [0.1, 0.15) is 16.1 Å². The number of nitrogens with zero attached hydrogens (tertiary/aromatic N) is 2. The SMILES string of the molecule is COc1cccc(C(=O)c2csnn2)c1F. The Hall–Kier alpha value is -1.82. The van der Waals surface area contributed by atoms with E-state index >= 15 is 0 Å². The van der Waals surface area contributed by atoms with E-state index in [1.54, 1.807) is 6.07 Å². The molecule has 2 rings (SSSR count). The van der Waals surface area contributed by atoms with Crippen molar-refractivity contribution in [2.45, 2.75) is 0 Å². The van der Waals surface area contributed by atoms with Crippen molar-refractivity contribution in [2.24, 2.45) is 0 Å². The van der Waals surface area contributed by atoms with Crippen LogP contribution in [0.3, 0.4) is 0 Å². The van der Waals surface area contributed by atoms with Gasteiger partial charge < -0.3 is 4.74 Å². The number of carbonyl (C=O) groups excluding carboxylic acids is 1. The second-order valence-electron chi connectivity index (χ2n) is 2.94. The second kappa shape index (κ2) is 4.36. The Kier molecular flexibility index (Phi) is 2.91. The van der Waals surface area contributed by atoms with E-state index in [0.29, 0.717) is 0 Å². The van der Waals surface area contributed by atoms with Crippen LogP contribution in [0.2, 0.25) is 0 Å². The number of aromatic nitrogens is 2. The minimum absolute atomic E-state index is 0.0361. The molecule has 6 heteroatoms. The minimum Gasteiger partial charge on any atom is -0.494 e. The molecule has 0 unspecified atom stereocenters. The number of halogens is 1. The average molecular weight is 238 g/mol. The summed E-state index contributed by atoms with van der Waals surface area (Å²) in [5.74, 6) is -1.14. The number of carbonyl (C=O) groups is 1. The molecule has 0 aliphatic carbocycles. The van der Waals surface area contributed by atoms with E-state index in [4.69, 9.17) is 4.74 Å². The molecule has 2 aromatic rings. The predicted octanol–water partition coefficient (Wildman–Crippen LogP) is 1.92. The molecule has 0 bridgehead atoms. The Balaban J connectivity index is 2.45. The van der Waals surface area contributed by atoms with Gasteiger partial charge in [0, 0.05) is 5.38 Å². The zero-order valence-electron chi connectivity index (χ0n) is 8.31. The van der Waals surface area contributed by atoms with Crippen molar-refractivity contribution in [1.29, 1.82) is 0 Å². The van der Waals surface area contributed by atoms with Gasteiger partial charge in [0.05, 0.1) is 12.7 Å². The fourth-order valence-corrected chi connectivity index (χ4v) is 1.68. The number of methoxy groups -OCH3 is 1. The monoisotopic (exact) mass is 238 g/mol. The second-order valence-corrected chi connectivity index (χ2v) is 3.55. The van der Waals surface area contributed by atoms with Crippen LogP contribution in [-0.4, -0.2) is 22.5 Å². The molecule has 0 aliphatic heterocycles. The standard InChI is InChI=1S/C10H7FN2O2S/c1-15-8-4-2-3-6(9(8)11)10(14)7-5-16-13-12-7/h2-5H,1H3. The third-order valence-electron chi connectivity index (χ3n) is 2.02. The summed E-state index contributed by atoms with van der Waals surface area (Å²) in [5, 5.41) is 5.07. The summed E-state index contributed by atoms with van der Waals surface area (Å²) in [6, 6.07) is 4.39. The molecule has 0 radical (unpaired) electrons. The summed E-state index contributed by atoms with van der Waals surface area (Å²) in [4.78, 5) is 11.8. The highest BCUT2D eigenvalue weighted by molar-refractivity contribution is 7.03. The summed E-state index contributed by atoms with van der Waals surface area (Å²) in [6.45, 7) is 0. The van der Waals surface area contributed by atoms with E-state index < -0.39 is 11.6 Å². The molecule has 16 heavy (non-hydrogen) atoms. The largest absolute Gasteiger partial charge is 0.494 e. The summed E-state index contributed by atoms with van der Waals surface area (Å²) >= 11 is 1.04. The Morgan fingerprint density at radius 1 is 1.50 bits per heavy atom. The summed E-state index contributed by atoms with van der Waals surface area (Å²) < 4.78 is 22.1. The van der Waals surface area contributed by atoms with Gasteiger partial charge in [-0.15, -0.1) is 5.10 Å². The van der Waals surface area contributed by atoms with Crippen molar-refractivity contribution in [3.8, 4) is 5.75 Å². The molecule has 0 aliphatic rings. The van der Waals surface area contributed by atoms with E-state index in [1.807, 2.05) is 0 Å². The van der Waals surface area contributed by atoms with Crippen LogP contribution in [0, 0.1) is 5.82 Å². The van der Waals surface area contributed by atoms with Crippen LogP contribution in [0.25, 0.3) is 0 Å². The third kappa shape index (κ3) is 1.79. The van der Waals surface area contributed by atoms with Crippen LogP contribution in [0.15, 0.2) is 23.6 Å². The van der Waals surface area contributed by atoms with Crippen LogP contribution in [-0.2, 0) is 0 Å². The maximum absolute atomic E-state index is 13.7. The minimum atomic E-state index is -0.678. The van der Waals surface area contributed by atoms with Crippen molar-refractivity contribution in [3.63, 3.8) is 0 Å².